The Kier molecular flexibility index (Phi) is 6.27. The molecule has 3 N–H and O–H groups in total. The van der Waals surface area contributed by atoms with Gasteiger partial charge in [-0.05, 0) is 31.9 Å². The first-order valence-electron chi connectivity index (χ1n) is 8.44. The third kappa shape index (κ3) is 4.86. The van der Waals surface area contributed by atoms with Crippen LogP contribution >= 0.6 is 0 Å². The molecule has 1 aromatic carbocycles. The second-order valence-corrected chi connectivity index (χ2v) is 6.45. The summed E-state index contributed by atoms with van der Waals surface area (Å²) in [4.78, 5) is 23.9. The number of carbonyl (C=O) groups excluding carboxylic acids is 2. The number of benzene rings is 1. The topological polar surface area (TPSA) is 70.2 Å². The van der Waals surface area contributed by atoms with Crippen molar-refractivity contribution in [2.75, 3.05) is 13.1 Å². The first kappa shape index (κ1) is 20.9. The van der Waals surface area contributed by atoms with Crippen molar-refractivity contribution in [3.8, 4) is 0 Å². The molecule has 1 saturated carbocycles. The molecule has 0 radical (unpaired) electrons. The summed E-state index contributed by atoms with van der Waals surface area (Å²) in [5.41, 5.74) is -2.81. The molecule has 0 aliphatic heterocycles. The Morgan fingerprint density at radius 1 is 1.07 bits per heavy atom. The lowest BCUT2D eigenvalue weighted by Crippen LogP contribution is -2.53. The monoisotopic (exact) mass is 393 g/mol. The van der Waals surface area contributed by atoms with Crippen LogP contribution in [0.1, 0.15) is 37.3 Å². The highest BCUT2D eigenvalue weighted by Gasteiger charge is 2.44. The highest BCUT2D eigenvalue weighted by molar-refractivity contribution is 5.84. The number of amides is 3. The Balaban J connectivity index is 1.92. The first-order chi connectivity index (χ1) is 12.6. The molecule has 3 amide bonds. The minimum absolute atomic E-state index is 0.0582. The normalized spacial score (nSPS) is 15.6. The van der Waals surface area contributed by atoms with E-state index in [4.69, 9.17) is 0 Å². The van der Waals surface area contributed by atoms with Crippen LogP contribution in [-0.4, -0.2) is 25.0 Å². The van der Waals surface area contributed by atoms with Gasteiger partial charge in [-0.1, -0.05) is 6.42 Å². The van der Waals surface area contributed by atoms with Crippen LogP contribution in [0.2, 0.25) is 0 Å². The number of carbonyl (C=O) groups is 2. The lowest BCUT2D eigenvalue weighted by molar-refractivity contribution is -0.140. The van der Waals surface area contributed by atoms with Crippen LogP contribution in [0, 0.1) is 17.0 Å². The molecular weight excluding hydrogens is 373 g/mol. The van der Waals surface area contributed by atoms with Crippen molar-refractivity contribution in [2.24, 2.45) is 5.41 Å². The lowest BCUT2D eigenvalue weighted by Gasteiger charge is -2.40. The molecule has 0 saturated heterocycles. The molecule has 0 atom stereocenters. The van der Waals surface area contributed by atoms with Crippen LogP contribution in [0.3, 0.4) is 0 Å². The molecule has 0 aromatic heterocycles. The second-order valence-electron chi connectivity index (χ2n) is 6.45. The van der Waals surface area contributed by atoms with Gasteiger partial charge in [0.2, 0.25) is 5.91 Å². The second kappa shape index (κ2) is 8.10. The summed E-state index contributed by atoms with van der Waals surface area (Å²) in [5, 5.41) is 7.45. The summed E-state index contributed by atoms with van der Waals surface area (Å²) in [6.45, 7) is 1.82. The van der Waals surface area contributed by atoms with E-state index in [1.807, 2.05) is 0 Å². The van der Waals surface area contributed by atoms with E-state index in [1.165, 1.54) is 0 Å². The van der Waals surface area contributed by atoms with Crippen LogP contribution in [-0.2, 0) is 17.5 Å². The molecular formula is C17H20F5N3O2. The van der Waals surface area contributed by atoms with Gasteiger partial charge < -0.3 is 16.0 Å². The number of urea groups is 1. The Labute approximate surface area is 152 Å². The standard InChI is InChI=1S/C17H20F5N3O2/c1-2-23-14(26)16(4-3-5-16)9-25-15(27)24-8-10-6-13(19)11(7-12(10)18)17(20,21)22/h6-7H,2-5,8-9H2,1H3,(H,23,26)(H2,24,25,27). The van der Waals surface area contributed by atoms with Crippen molar-refractivity contribution in [3.05, 3.63) is 34.9 Å². The predicted octanol–water partition coefficient (Wildman–Crippen LogP) is 3.09. The van der Waals surface area contributed by atoms with Gasteiger partial charge in [-0.25, -0.2) is 13.6 Å². The number of halogens is 5. The third-order valence-corrected chi connectivity index (χ3v) is 4.60. The van der Waals surface area contributed by atoms with Crippen molar-refractivity contribution < 1.29 is 31.5 Å². The molecule has 27 heavy (non-hydrogen) atoms. The summed E-state index contributed by atoms with van der Waals surface area (Å²) < 4.78 is 64.8. The summed E-state index contributed by atoms with van der Waals surface area (Å²) >= 11 is 0. The summed E-state index contributed by atoms with van der Waals surface area (Å²) in [7, 11) is 0. The van der Waals surface area contributed by atoms with Gasteiger partial charge in [-0.3, -0.25) is 4.79 Å². The van der Waals surface area contributed by atoms with Crippen LogP contribution < -0.4 is 16.0 Å². The highest BCUT2D eigenvalue weighted by atomic mass is 19.4. The molecule has 1 fully saturated rings. The molecule has 1 aliphatic rings. The van der Waals surface area contributed by atoms with E-state index in [0.717, 1.165) is 6.42 Å². The van der Waals surface area contributed by atoms with E-state index in [9.17, 15) is 31.5 Å². The van der Waals surface area contributed by atoms with Crippen LogP contribution in [0.5, 0.6) is 0 Å². The Hall–Kier alpha value is -2.39. The van der Waals surface area contributed by atoms with Gasteiger partial charge >= 0.3 is 12.2 Å². The van der Waals surface area contributed by atoms with Crippen molar-refractivity contribution in [1.29, 1.82) is 0 Å². The lowest BCUT2D eigenvalue weighted by atomic mass is 9.68. The maximum atomic E-state index is 13.7. The quantitative estimate of drug-likeness (QED) is 0.650. The molecule has 0 unspecified atom stereocenters. The first-order valence-corrected chi connectivity index (χ1v) is 8.44. The Morgan fingerprint density at radius 3 is 2.26 bits per heavy atom. The number of hydrogen-bond acceptors (Lipinski definition) is 2. The summed E-state index contributed by atoms with van der Waals surface area (Å²) in [6, 6.07) is -0.270. The van der Waals surface area contributed by atoms with E-state index in [2.05, 4.69) is 16.0 Å². The van der Waals surface area contributed by atoms with E-state index >= 15 is 0 Å². The summed E-state index contributed by atoms with van der Waals surface area (Å²) in [5.74, 6) is -3.06. The van der Waals surface area contributed by atoms with Gasteiger partial charge in [0.15, 0.2) is 0 Å². The minimum atomic E-state index is -5.01. The molecule has 5 nitrogen and oxygen atoms in total. The maximum Gasteiger partial charge on any atom is 0.419 e. The molecule has 1 aliphatic carbocycles. The molecule has 150 valence electrons. The van der Waals surface area contributed by atoms with Crippen LogP contribution in [0.15, 0.2) is 12.1 Å². The Bertz CT molecular complexity index is 717. The maximum absolute atomic E-state index is 13.7. The third-order valence-electron chi connectivity index (χ3n) is 4.60. The number of nitrogens with one attached hydrogen (secondary N) is 3. The van der Waals surface area contributed by atoms with Gasteiger partial charge in [-0.15, -0.1) is 0 Å². The van der Waals surface area contributed by atoms with E-state index in [1.54, 1.807) is 6.92 Å². The fourth-order valence-electron chi connectivity index (χ4n) is 2.86. The molecule has 1 aromatic rings. The van der Waals surface area contributed by atoms with E-state index in [-0.39, 0.29) is 18.5 Å². The Morgan fingerprint density at radius 2 is 1.74 bits per heavy atom. The zero-order valence-electron chi connectivity index (χ0n) is 14.6. The van der Waals surface area contributed by atoms with Gasteiger partial charge in [-0.2, -0.15) is 13.2 Å². The molecule has 0 bridgehead atoms. The molecule has 2 rings (SSSR count). The largest absolute Gasteiger partial charge is 0.419 e. The number of alkyl halides is 3. The van der Waals surface area contributed by atoms with E-state index in [0.29, 0.717) is 25.5 Å². The van der Waals surface area contributed by atoms with Crippen LogP contribution in [0.25, 0.3) is 0 Å². The van der Waals surface area contributed by atoms with Gasteiger partial charge in [0.25, 0.3) is 0 Å². The SMILES string of the molecule is CCNC(=O)C1(CNC(=O)NCc2cc(F)c(C(F)(F)F)cc2F)CCC1. The molecule has 0 heterocycles. The summed E-state index contributed by atoms with van der Waals surface area (Å²) in [6.07, 6.45) is -2.91. The van der Waals surface area contributed by atoms with Gasteiger partial charge in [0.05, 0.1) is 11.0 Å². The van der Waals surface area contributed by atoms with Crippen molar-refractivity contribution in [2.45, 2.75) is 38.9 Å². The molecule has 10 heteroatoms. The van der Waals surface area contributed by atoms with Gasteiger partial charge in [0.1, 0.15) is 11.6 Å². The highest BCUT2D eigenvalue weighted by Crippen LogP contribution is 2.40. The zero-order valence-corrected chi connectivity index (χ0v) is 14.6. The minimum Gasteiger partial charge on any atom is -0.356 e. The van der Waals surface area contributed by atoms with Gasteiger partial charge in [0, 0.05) is 25.2 Å². The van der Waals surface area contributed by atoms with Crippen LogP contribution in [0.4, 0.5) is 26.7 Å². The fourth-order valence-corrected chi connectivity index (χ4v) is 2.86. The smallest absolute Gasteiger partial charge is 0.356 e. The molecule has 0 spiro atoms. The average molecular weight is 393 g/mol. The number of rotatable bonds is 6. The van der Waals surface area contributed by atoms with E-state index < -0.39 is 46.9 Å². The van der Waals surface area contributed by atoms with Crippen molar-refractivity contribution in [3.63, 3.8) is 0 Å². The average Bonchev–Trinajstić information content (AvgIpc) is 2.53. The fraction of sp³-hybridized carbons (Fsp3) is 0.529. The van der Waals surface area contributed by atoms with Crippen molar-refractivity contribution in [1.82, 2.24) is 16.0 Å². The zero-order chi connectivity index (χ0) is 20.2. The number of hydrogen-bond donors (Lipinski definition) is 3. The predicted molar refractivity (Wildman–Crippen MR) is 86.6 cm³/mol. The van der Waals surface area contributed by atoms with Crippen molar-refractivity contribution >= 4 is 11.9 Å².